The highest BCUT2D eigenvalue weighted by Crippen LogP contribution is 2.42. The molecule has 3 aromatic heterocycles. The molecule has 0 spiro atoms. The summed E-state index contributed by atoms with van der Waals surface area (Å²) in [5, 5.41) is 4.55. The first kappa shape index (κ1) is 10.6. The molecule has 1 saturated carbocycles. The molecule has 0 atom stereocenters. The standard InChI is InChI=1S/C12H11ClN4S/c1-17-12-10(9(16-17)6-2-3-6)14-11(15-12)7-4-5-8(13)18-7/h4-6H,2-3H2,1H3,(H,14,15). The molecule has 3 aromatic rings. The van der Waals surface area contributed by atoms with E-state index in [9.17, 15) is 0 Å². The minimum Gasteiger partial charge on any atom is -0.334 e. The number of nitrogens with one attached hydrogen (secondary N) is 1. The Morgan fingerprint density at radius 2 is 2.28 bits per heavy atom. The van der Waals surface area contributed by atoms with E-state index in [0.717, 1.165) is 31.9 Å². The van der Waals surface area contributed by atoms with E-state index in [4.69, 9.17) is 11.6 Å². The van der Waals surface area contributed by atoms with Gasteiger partial charge in [-0.1, -0.05) is 11.6 Å². The number of hydrogen-bond acceptors (Lipinski definition) is 3. The lowest BCUT2D eigenvalue weighted by Gasteiger charge is -1.92. The fourth-order valence-electron chi connectivity index (χ4n) is 2.24. The Bertz CT molecular complexity index is 735. The van der Waals surface area contributed by atoms with Gasteiger partial charge in [-0.05, 0) is 25.0 Å². The molecule has 6 heteroatoms. The summed E-state index contributed by atoms with van der Waals surface area (Å²) in [6.07, 6.45) is 2.48. The van der Waals surface area contributed by atoms with E-state index in [1.807, 2.05) is 23.9 Å². The van der Waals surface area contributed by atoms with Crippen LogP contribution in [0.15, 0.2) is 12.1 Å². The summed E-state index contributed by atoms with van der Waals surface area (Å²) < 4.78 is 2.64. The maximum atomic E-state index is 5.97. The summed E-state index contributed by atoms with van der Waals surface area (Å²) >= 11 is 7.50. The third-order valence-corrected chi connectivity index (χ3v) is 4.51. The molecule has 1 aliphatic rings. The molecule has 1 fully saturated rings. The van der Waals surface area contributed by atoms with Crippen LogP contribution in [-0.2, 0) is 7.05 Å². The summed E-state index contributed by atoms with van der Waals surface area (Å²) in [5.74, 6) is 1.51. The van der Waals surface area contributed by atoms with Gasteiger partial charge in [-0.3, -0.25) is 0 Å². The second-order valence-corrected chi connectivity index (χ2v) is 6.39. The number of fused-ring (bicyclic) bond motifs is 1. The van der Waals surface area contributed by atoms with Crippen LogP contribution < -0.4 is 0 Å². The van der Waals surface area contributed by atoms with E-state index in [-0.39, 0.29) is 0 Å². The first-order valence-electron chi connectivity index (χ1n) is 5.90. The van der Waals surface area contributed by atoms with E-state index in [1.165, 1.54) is 24.2 Å². The number of thiophene rings is 1. The number of aromatic nitrogens is 4. The highest BCUT2D eigenvalue weighted by molar-refractivity contribution is 7.19. The van der Waals surface area contributed by atoms with Crippen molar-refractivity contribution in [3.63, 3.8) is 0 Å². The molecular weight excluding hydrogens is 268 g/mol. The zero-order valence-electron chi connectivity index (χ0n) is 9.77. The van der Waals surface area contributed by atoms with E-state index in [0.29, 0.717) is 5.92 Å². The second kappa shape index (κ2) is 3.59. The van der Waals surface area contributed by atoms with Crippen molar-refractivity contribution >= 4 is 34.1 Å². The predicted octanol–water partition coefficient (Wildman–Crippen LogP) is 3.56. The largest absolute Gasteiger partial charge is 0.334 e. The second-order valence-electron chi connectivity index (χ2n) is 4.67. The molecule has 92 valence electrons. The van der Waals surface area contributed by atoms with Crippen molar-refractivity contribution in [3.8, 4) is 10.7 Å². The van der Waals surface area contributed by atoms with E-state index < -0.39 is 0 Å². The van der Waals surface area contributed by atoms with Gasteiger partial charge in [0.25, 0.3) is 0 Å². The summed E-state index contributed by atoms with van der Waals surface area (Å²) in [7, 11) is 1.94. The lowest BCUT2D eigenvalue weighted by atomic mass is 10.3. The highest BCUT2D eigenvalue weighted by atomic mass is 35.5. The smallest absolute Gasteiger partial charge is 0.176 e. The summed E-state index contributed by atoms with van der Waals surface area (Å²) in [4.78, 5) is 9.08. The van der Waals surface area contributed by atoms with Crippen LogP contribution in [0.3, 0.4) is 0 Å². The van der Waals surface area contributed by atoms with Crippen LogP contribution in [-0.4, -0.2) is 19.7 Å². The fourth-order valence-corrected chi connectivity index (χ4v) is 3.22. The van der Waals surface area contributed by atoms with Gasteiger partial charge in [0, 0.05) is 13.0 Å². The lowest BCUT2D eigenvalue weighted by Crippen LogP contribution is -1.92. The number of aryl methyl sites for hydroxylation is 1. The summed E-state index contributed by atoms with van der Waals surface area (Å²) in [6, 6.07) is 3.89. The average Bonchev–Trinajstić information content (AvgIpc) is 2.81. The SMILES string of the molecule is Cn1nc(C2CC2)c2[nH]c(-c3ccc(Cl)s3)nc21. The van der Waals surface area contributed by atoms with Gasteiger partial charge < -0.3 is 4.98 Å². The molecule has 0 aliphatic heterocycles. The van der Waals surface area contributed by atoms with Crippen molar-refractivity contribution in [2.75, 3.05) is 0 Å². The number of nitrogens with zero attached hydrogens (tertiary/aromatic N) is 3. The zero-order valence-corrected chi connectivity index (χ0v) is 11.3. The Labute approximate surface area is 113 Å². The average molecular weight is 279 g/mol. The van der Waals surface area contributed by atoms with Crippen molar-refractivity contribution in [2.24, 2.45) is 7.05 Å². The van der Waals surface area contributed by atoms with Gasteiger partial charge in [0.15, 0.2) is 11.5 Å². The van der Waals surface area contributed by atoms with Gasteiger partial charge in [-0.15, -0.1) is 11.3 Å². The van der Waals surface area contributed by atoms with Crippen LogP contribution in [0.5, 0.6) is 0 Å². The number of halogens is 1. The molecule has 4 rings (SSSR count). The van der Waals surface area contributed by atoms with Gasteiger partial charge in [0.1, 0.15) is 5.52 Å². The first-order valence-corrected chi connectivity index (χ1v) is 7.10. The van der Waals surface area contributed by atoms with Gasteiger partial charge >= 0.3 is 0 Å². The van der Waals surface area contributed by atoms with Gasteiger partial charge in [0.2, 0.25) is 0 Å². The van der Waals surface area contributed by atoms with Gasteiger partial charge in [-0.25, -0.2) is 9.67 Å². The van der Waals surface area contributed by atoms with Crippen molar-refractivity contribution in [1.82, 2.24) is 19.7 Å². The molecule has 1 N–H and O–H groups in total. The van der Waals surface area contributed by atoms with Crippen molar-refractivity contribution < 1.29 is 0 Å². The molecule has 0 radical (unpaired) electrons. The normalized spacial score (nSPS) is 15.7. The molecule has 0 aromatic carbocycles. The van der Waals surface area contributed by atoms with E-state index in [1.54, 1.807) is 0 Å². The quantitative estimate of drug-likeness (QED) is 0.779. The van der Waals surface area contributed by atoms with Crippen molar-refractivity contribution in [2.45, 2.75) is 18.8 Å². The molecule has 0 saturated heterocycles. The van der Waals surface area contributed by atoms with Crippen LogP contribution >= 0.6 is 22.9 Å². The Kier molecular flexibility index (Phi) is 2.11. The number of aromatic amines is 1. The number of hydrogen-bond donors (Lipinski definition) is 1. The predicted molar refractivity (Wildman–Crippen MR) is 73.2 cm³/mol. The van der Waals surface area contributed by atoms with Crippen molar-refractivity contribution in [3.05, 3.63) is 22.2 Å². The minimum absolute atomic E-state index is 0.619. The molecule has 1 aliphatic carbocycles. The lowest BCUT2D eigenvalue weighted by molar-refractivity contribution is 0.758. The maximum absolute atomic E-state index is 5.97. The van der Waals surface area contributed by atoms with Crippen LogP contribution in [0.2, 0.25) is 4.34 Å². The Balaban J connectivity index is 1.90. The molecule has 18 heavy (non-hydrogen) atoms. The van der Waals surface area contributed by atoms with E-state index >= 15 is 0 Å². The Hall–Kier alpha value is -1.33. The molecule has 0 amide bonds. The Morgan fingerprint density at radius 1 is 1.44 bits per heavy atom. The van der Waals surface area contributed by atoms with Gasteiger partial charge in [0.05, 0.1) is 14.9 Å². The van der Waals surface area contributed by atoms with Crippen LogP contribution in [0.4, 0.5) is 0 Å². The minimum atomic E-state index is 0.619. The maximum Gasteiger partial charge on any atom is 0.176 e. The summed E-state index contributed by atoms with van der Waals surface area (Å²) in [6.45, 7) is 0. The summed E-state index contributed by atoms with van der Waals surface area (Å²) in [5.41, 5.74) is 3.17. The molecule has 4 nitrogen and oxygen atoms in total. The fraction of sp³-hybridized carbons (Fsp3) is 0.333. The Morgan fingerprint density at radius 3 is 2.94 bits per heavy atom. The third kappa shape index (κ3) is 1.51. The van der Waals surface area contributed by atoms with Crippen LogP contribution in [0, 0.1) is 0 Å². The van der Waals surface area contributed by atoms with Crippen LogP contribution in [0.25, 0.3) is 21.9 Å². The first-order chi connectivity index (χ1) is 8.72. The van der Waals surface area contributed by atoms with Crippen molar-refractivity contribution in [1.29, 1.82) is 0 Å². The van der Waals surface area contributed by atoms with Gasteiger partial charge in [-0.2, -0.15) is 5.10 Å². The highest BCUT2D eigenvalue weighted by Gasteiger charge is 2.30. The molecule has 3 heterocycles. The number of H-pyrrole nitrogens is 1. The third-order valence-electron chi connectivity index (χ3n) is 3.28. The van der Waals surface area contributed by atoms with Crippen LogP contribution in [0.1, 0.15) is 24.5 Å². The topological polar surface area (TPSA) is 46.5 Å². The number of rotatable bonds is 2. The molecule has 0 unspecified atom stereocenters. The molecule has 0 bridgehead atoms. The van der Waals surface area contributed by atoms with E-state index in [2.05, 4.69) is 15.1 Å². The zero-order chi connectivity index (χ0) is 12.3. The number of imidazole rings is 1. The molecular formula is C12H11ClN4S. The monoisotopic (exact) mass is 278 g/mol.